The number of rotatable bonds is 5. The predicted molar refractivity (Wildman–Crippen MR) is 95.0 cm³/mol. The Labute approximate surface area is 141 Å². The van der Waals surface area contributed by atoms with Crippen molar-refractivity contribution in [1.29, 1.82) is 0 Å². The van der Waals surface area contributed by atoms with Crippen molar-refractivity contribution in [3.05, 3.63) is 37.5 Å². The van der Waals surface area contributed by atoms with Crippen LogP contribution in [0.2, 0.25) is 0 Å². The summed E-state index contributed by atoms with van der Waals surface area (Å²) in [5.41, 5.74) is 0. The average molecular weight is 316 g/mol. The van der Waals surface area contributed by atoms with Gasteiger partial charge in [-0.2, -0.15) is 0 Å². The molecule has 2 aliphatic carbocycles. The summed E-state index contributed by atoms with van der Waals surface area (Å²) in [5, 5.41) is 0. The van der Waals surface area contributed by atoms with E-state index in [1.54, 1.807) is 0 Å². The minimum atomic E-state index is -0.423. The van der Waals surface area contributed by atoms with Crippen LogP contribution >= 0.6 is 0 Å². The van der Waals surface area contributed by atoms with Gasteiger partial charge in [-0.05, 0) is 75.5 Å². The highest BCUT2D eigenvalue weighted by Gasteiger charge is 2.43. The van der Waals surface area contributed by atoms with Crippen LogP contribution in [0.5, 0.6) is 0 Å². The maximum Gasteiger partial charge on any atom is 0.163 e. The predicted octanol–water partition coefficient (Wildman–Crippen LogP) is 5.12. The van der Waals surface area contributed by atoms with E-state index in [1.165, 1.54) is 32.1 Å². The lowest BCUT2D eigenvalue weighted by atomic mass is 9.91. The minimum absolute atomic E-state index is 0.225. The van der Waals surface area contributed by atoms with Crippen LogP contribution in [-0.4, -0.2) is 18.5 Å². The third-order valence-corrected chi connectivity index (χ3v) is 6.01. The lowest BCUT2D eigenvalue weighted by Gasteiger charge is -2.24. The molecule has 0 spiro atoms. The Morgan fingerprint density at radius 2 is 1.65 bits per heavy atom. The van der Waals surface area contributed by atoms with Crippen molar-refractivity contribution >= 4 is 0 Å². The molecule has 2 nitrogen and oxygen atoms in total. The van der Waals surface area contributed by atoms with Crippen LogP contribution in [0, 0.1) is 29.6 Å². The molecular formula is C21H32O2. The van der Waals surface area contributed by atoms with Gasteiger partial charge in [-0.1, -0.05) is 24.3 Å². The van der Waals surface area contributed by atoms with Crippen molar-refractivity contribution in [3.63, 3.8) is 0 Å². The Hall–Kier alpha value is -0.860. The van der Waals surface area contributed by atoms with E-state index in [2.05, 4.69) is 37.5 Å². The zero-order valence-corrected chi connectivity index (χ0v) is 14.7. The summed E-state index contributed by atoms with van der Waals surface area (Å²) in [6, 6.07) is 0. The number of allylic oxidation sites excluding steroid dienone is 4. The van der Waals surface area contributed by atoms with Crippen molar-refractivity contribution in [3.8, 4) is 0 Å². The molecular weight excluding hydrogens is 284 g/mol. The first-order valence-corrected chi connectivity index (χ1v) is 9.26. The quantitative estimate of drug-likeness (QED) is 0.655. The molecule has 0 amide bonds. The standard InChI is InChI=1S/C21H32O2/c1-5-15-7-8-16(11-15)9-10-17-12-18(6-2)19(13-17)20-14-22-21(3,4)23-20/h5-6,9-10,15-20H,1-2,7-8,11-14H2,3-4H3/b10-9+. The fraction of sp³-hybridized carbons (Fsp3) is 0.714. The minimum Gasteiger partial charge on any atom is -0.348 e. The van der Waals surface area contributed by atoms with Gasteiger partial charge in [0.15, 0.2) is 5.79 Å². The molecule has 128 valence electrons. The lowest BCUT2D eigenvalue weighted by molar-refractivity contribution is -0.145. The smallest absolute Gasteiger partial charge is 0.163 e. The molecule has 1 aliphatic heterocycles. The second-order valence-corrected chi connectivity index (χ2v) is 8.12. The third-order valence-electron chi connectivity index (χ3n) is 6.01. The Kier molecular flexibility index (Phi) is 5.13. The number of hydrogen-bond donors (Lipinski definition) is 0. The molecule has 6 unspecified atom stereocenters. The van der Waals surface area contributed by atoms with E-state index in [1.807, 2.05) is 13.8 Å². The molecule has 0 aromatic rings. The Morgan fingerprint density at radius 1 is 0.913 bits per heavy atom. The molecule has 2 saturated carbocycles. The van der Waals surface area contributed by atoms with Gasteiger partial charge in [0.25, 0.3) is 0 Å². The molecule has 0 bridgehead atoms. The van der Waals surface area contributed by atoms with Crippen LogP contribution in [0.1, 0.15) is 46.0 Å². The summed E-state index contributed by atoms with van der Waals surface area (Å²) < 4.78 is 11.9. The Balaban J connectivity index is 1.56. The summed E-state index contributed by atoms with van der Waals surface area (Å²) in [6.07, 6.45) is 15.8. The third kappa shape index (κ3) is 3.97. The van der Waals surface area contributed by atoms with Gasteiger partial charge in [-0.3, -0.25) is 0 Å². The highest BCUT2D eigenvalue weighted by molar-refractivity contribution is 5.05. The molecule has 0 N–H and O–H groups in total. The van der Waals surface area contributed by atoms with E-state index < -0.39 is 5.79 Å². The summed E-state index contributed by atoms with van der Waals surface area (Å²) >= 11 is 0. The molecule has 6 atom stereocenters. The van der Waals surface area contributed by atoms with E-state index in [0.717, 1.165) is 18.4 Å². The SMILES string of the molecule is C=CC1CCC(/C=C/C2CC(C=C)C(C3COC(C)(C)O3)C2)C1. The molecule has 1 heterocycles. The first-order chi connectivity index (χ1) is 11.0. The molecule has 3 aliphatic rings. The molecule has 23 heavy (non-hydrogen) atoms. The van der Waals surface area contributed by atoms with Crippen molar-refractivity contribution in [2.45, 2.75) is 57.8 Å². The zero-order valence-electron chi connectivity index (χ0n) is 14.7. The molecule has 2 heteroatoms. The van der Waals surface area contributed by atoms with Crippen LogP contribution < -0.4 is 0 Å². The number of hydrogen-bond acceptors (Lipinski definition) is 2. The maximum absolute atomic E-state index is 6.11. The summed E-state index contributed by atoms with van der Waals surface area (Å²) in [5.74, 6) is 2.83. The van der Waals surface area contributed by atoms with Crippen LogP contribution in [0.25, 0.3) is 0 Å². The monoisotopic (exact) mass is 316 g/mol. The highest BCUT2D eigenvalue weighted by atomic mass is 16.7. The van der Waals surface area contributed by atoms with Crippen LogP contribution in [0.4, 0.5) is 0 Å². The van der Waals surface area contributed by atoms with Gasteiger partial charge in [0, 0.05) is 0 Å². The first kappa shape index (κ1) is 17.0. The second-order valence-electron chi connectivity index (χ2n) is 8.12. The van der Waals surface area contributed by atoms with Crippen LogP contribution in [0.3, 0.4) is 0 Å². The topological polar surface area (TPSA) is 18.5 Å². The molecule has 1 saturated heterocycles. The van der Waals surface area contributed by atoms with Gasteiger partial charge in [0.05, 0.1) is 12.7 Å². The second kappa shape index (κ2) is 6.94. The van der Waals surface area contributed by atoms with E-state index in [-0.39, 0.29) is 6.10 Å². The lowest BCUT2D eigenvalue weighted by Crippen LogP contribution is -2.28. The van der Waals surface area contributed by atoms with E-state index in [4.69, 9.17) is 9.47 Å². The molecule has 3 fully saturated rings. The fourth-order valence-corrected chi connectivity index (χ4v) is 4.68. The van der Waals surface area contributed by atoms with Gasteiger partial charge in [0.1, 0.15) is 0 Å². The molecule has 0 aromatic heterocycles. The van der Waals surface area contributed by atoms with Gasteiger partial charge in [0.2, 0.25) is 0 Å². The summed E-state index contributed by atoms with van der Waals surface area (Å²) in [6.45, 7) is 12.8. The number of ether oxygens (including phenoxy) is 2. The van der Waals surface area contributed by atoms with Gasteiger partial charge < -0.3 is 9.47 Å². The molecule has 3 rings (SSSR count). The van der Waals surface area contributed by atoms with E-state index in [9.17, 15) is 0 Å². The largest absolute Gasteiger partial charge is 0.348 e. The van der Waals surface area contributed by atoms with E-state index >= 15 is 0 Å². The Bertz CT molecular complexity index is 464. The van der Waals surface area contributed by atoms with E-state index in [0.29, 0.717) is 17.8 Å². The van der Waals surface area contributed by atoms with Crippen LogP contribution in [0.15, 0.2) is 37.5 Å². The zero-order chi connectivity index (χ0) is 16.4. The van der Waals surface area contributed by atoms with Crippen LogP contribution in [-0.2, 0) is 9.47 Å². The van der Waals surface area contributed by atoms with Gasteiger partial charge in [-0.25, -0.2) is 0 Å². The average Bonchev–Trinajstić information content (AvgIpc) is 3.22. The van der Waals surface area contributed by atoms with Gasteiger partial charge in [-0.15, -0.1) is 13.2 Å². The normalized spacial score (nSPS) is 43.2. The Morgan fingerprint density at radius 3 is 2.26 bits per heavy atom. The molecule has 0 aromatic carbocycles. The fourth-order valence-electron chi connectivity index (χ4n) is 4.68. The highest BCUT2D eigenvalue weighted by Crippen LogP contribution is 2.44. The summed E-state index contributed by atoms with van der Waals surface area (Å²) in [4.78, 5) is 0. The van der Waals surface area contributed by atoms with Crippen molar-refractivity contribution in [1.82, 2.24) is 0 Å². The van der Waals surface area contributed by atoms with Crippen molar-refractivity contribution < 1.29 is 9.47 Å². The van der Waals surface area contributed by atoms with Crippen molar-refractivity contribution in [2.24, 2.45) is 29.6 Å². The van der Waals surface area contributed by atoms with Crippen molar-refractivity contribution in [2.75, 3.05) is 6.61 Å². The molecule has 0 radical (unpaired) electrons. The van der Waals surface area contributed by atoms with Gasteiger partial charge >= 0.3 is 0 Å². The maximum atomic E-state index is 6.11. The summed E-state index contributed by atoms with van der Waals surface area (Å²) in [7, 11) is 0. The first-order valence-electron chi connectivity index (χ1n) is 9.26.